The van der Waals surface area contributed by atoms with Crippen molar-refractivity contribution in [3.05, 3.63) is 66.3 Å². The van der Waals surface area contributed by atoms with E-state index in [0.717, 1.165) is 33.7 Å². The maximum atomic E-state index is 6.49. The lowest BCUT2D eigenvalue weighted by Gasteiger charge is -2.07. The van der Waals surface area contributed by atoms with E-state index in [0.29, 0.717) is 5.82 Å². The molecular weight excluding hydrogens is 356 g/mol. The Morgan fingerprint density at radius 2 is 1.89 bits per heavy atom. The van der Waals surface area contributed by atoms with Crippen LogP contribution in [0.2, 0.25) is 0 Å². The summed E-state index contributed by atoms with van der Waals surface area (Å²) in [5, 5.41) is 7.79. The second kappa shape index (κ2) is 6.10. The first-order valence-electron chi connectivity index (χ1n) is 8.49. The van der Waals surface area contributed by atoms with E-state index in [1.165, 1.54) is 10.1 Å². The third kappa shape index (κ3) is 2.45. The Morgan fingerprint density at radius 1 is 1.00 bits per heavy atom. The highest BCUT2D eigenvalue weighted by molar-refractivity contribution is 7.17. The van der Waals surface area contributed by atoms with Crippen molar-refractivity contribution in [1.82, 2.24) is 14.6 Å². The van der Waals surface area contributed by atoms with Gasteiger partial charge in [-0.25, -0.2) is 4.98 Å². The summed E-state index contributed by atoms with van der Waals surface area (Å²) in [6, 6.07) is 16.1. The molecule has 0 atom stereocenters. The smallest absolute Gasteiger partial charge is 0.165 e. The number of rotatable bonds is 3. The van der Waals surface area contributed by atoms with Gasteiger partial charge in [0.15, 0.2) is 5.65 Å². The zero-order valence-corrected chi connectivity index (χ0v) is 15.4. The third-order valence-corrected chi connectivity index (χ3v) is 5.68. The monoisotopic (exact) mass is 372 g/mol. The number of nitrogen functional groups attached to an aromatic ring is 1. The van der Waals surface area contributed by atoms with Crippen LogP contribution in [-0.2, 0) is 0 Å². The van der Waals surface area contributed by atoms with Gasteiger partial charge in [0, 0.05) is 33.0 Å². The number of benzene rings is 2. The molecule has 6 heteroatoms. The Hall–Kier alpha value is -3.38. The SMILES string of the molecule is COc1cccc(-c2cnn3c(N)c(-c4csc5ccccc45)cnc23)c1. The predicted molar refractivity (Wildman–Crippen MR) is 110 cm³/mol. The van der Waals surface area contributed by atoms with E-state index in [1.54, 1.807) is 29.2 Å². The molecule has 3 aromatic heterocycles. The minimum atomic E-state index is 0.581. The molecule has 0 aliphatic rings. The number of fused-ring (bicyclic) bond motifs is 2. The second-order valence-electron chi connectivity index (χ2n) is 6.23. The Kier molecular flexibility index (Phi) is 3.58. The first kappa shape index (κ1) is 15.8. The van der Waals surface area contributed by atoms with E-state index in [9.17, 15) is 0 Å². The molecule has 5 aromatic rings. The quantitative estimate of drug-likeness (QED) is 0.491. The van der Waals surface area contributed by atoms with Crippen molar-refractivity contribution in [3.8, 4) is 28.0 Å². The summed E-state index contributed by atoms with van der Waals surface area (Å²) >= 11 is 1.70. The predicted octanol–water partition coefficient (Wildman–Crippen LogP) is 4.87. The maximum absolute atomic E-state index is 6.49. The van der Waals surface area contributed by atoms with Gasteiger partial charge in [0.05, 0.1) is 13.3 Å². The van der Waals surface area contributed by atoms with Gasteiger partial charge in [-0.1, -0.05) is 30.3 Å². The van der Waals surface area contributed by atoms with Crippen molar-refractivity contribution >= 4 is 32.9 Å². The molecule has 0 fully saturated rings. The molecular formula is C21H16N4OS. The summed E-state index contributed by atoms with van der Waals surface area (Å²) in [7, 11) is 1.66. The number of ether oxygens (including phenoxy) is 1. The highest BCUT2D eigenvalue weighted by atomic mass is 32.1. The molecule has 0 spiro atoms. The highest BCUT2D eigenvalue weighted by Gasteiger charge is 2.16. The lowest BCUT2D eigenvalue weighted by atomic mass is 10.1. The van der Waals surface area contributed by atoms with E-state index in [-0.39, 0.29) is 0 Å². The molecule has 0 bridgehead atoms. The van der Waals surface area contributed by atoms with Gasteiger partial charge >= 0.3 is 0 Å². The number of methoxy groups -OCH3 is 1. The standard InChI is InChI=1S/C21H16N4OS/c1-26-14-6-4-5-13(9-14)16-11-24-25-20(22)17(10-23-21(16)25)18-12-27-19-8-3-2-7-15(18)19/h2-12H,22H2,1H3. The molecule has 27 heavy (non-hydrogen) atoms. The number of hydrogen-bond donors (Lipinski definition) is 1. The molecule has 2 N–H and O–H groups in total. The molecule has 0 aliphatic carbocycles. The summed E-state index contributed by atoms with van der Waals surface area (Å²) < 4.78 is 8.26. The summed E-state index contributed by atoms with van der Waals surface area (Å²) in [6.45, 7) is 0. The zero-order chi connectivity index (χ0) is 18.4. The Morgan fingerprint density at radius 3 is 2.78 bits per heavy atom. The van der Waals surface area contributed by atoms with Crippen molar-refractivity contribution in [2.45, 2.75) is 0 Å². The molecule has 0 saturated heterocycles. The van der Waals surface area contributed by atoms with E-state index in [1.807, 2.05) is 42.6 Å². The van der Waals surface area contributed by atoms with Crippen molar-refractivity contribution in [3.63, 3.8) is 0 Å². The average molecular weight is 372 g/mol. The van der Waals surface area contributed by atoms with Crippen LogP contribution in [0.4, 0.5) is 5.82 Å². The summed E-state index contributed by atoms with van der Waals surface area (Å²) in [4.78, 5) is 4.68. The molecule has 3 heterocycles. The Balaban J connectivity index is 1.69. The minimum Gasteiger partial charge on any atom is -0.497 e. The van der Waals surface area contributed by atoms with E-state index in [4.69, 9.17) is 10.5 Å². The van der Waals surface area contributed by atoms with Gasteiger partial charge in [-0.15, -0.1) is 11.3 Å². The van der Waals surface area contributed by atoms with Gasteiger partial charge in [0.2, 0.25) is 0 Å². The average Bonchev–Trinajstić information content (AvgIpc) is 3.33. The highest BCUT2D eigenvalue weighted by Crippen LogP contribution is 2.37. The molecule has 0 amide bonds. The van der Waals surface area contributed by atoms with E-state index in [2.05, 4.69) is 27.6 Å². The lowest BCUT2D eigenvalue weighted by molar-refractivity contribution is 0.415. The molecule has 0 radical (unpaired) electrons. The van der Waals surface area contributed by atoms with Crippen molar-refractivity contribution < 1.29 is 4.74 Å². The minimum absolute atomic E-state index is 0.581. The molecule has 132 valence electrons. The summed E-state index contributed by atoms with van der Waals surface area (Å²) in [6.07, 6.45) is 3.63. The fraction of sp³-hybridized carbons (Fsp3) is 0.0476. The number of aromatic nitrogens is 3. The molecule has 0 saturated carbocycles. The van der Waals surface area contributed by atoms with Gasteiger partial charge in [0.25, 0.3) is 0 Å². The van der Waals surface area contributed by atoms with Crippen molar-refractivity contribution in [2.24, 2.45) is 0 Å². The van der Waals surface area contributed by atoms with Crippen molar-refractivity contribution in [1.29, 1.82) is 0 Å². The van der Waals surface area contributed by atoms with Gasteiger partial charge in [0.1, 0.15) is 11.6 Å². The topological polar surface area (TPSA) is 65.4 Å². The molecule has 0 aliphatic heterocycles. The van der Waals surface area contributed by atoms with Crippen LogP contribution in [0.1, 0.15) is 0 Å². The number of nitrogens with zero attached hydrogens (tertiary/aromatic N) is 3. The largest absolute Gasteiger partial charge is 0.497 e. The normalized spacial score (nSPS) is 11.3. The first-order valence-corrected chi connectivity index (χ1v) is 9.37. The van der Waals surface area contributed by atoms with Gasteiger partial charge in [-0.2, -0.15) is 9.61 Å². The lowest BCUT2D eigenvalue weighted by Crippen LogP contribution is -2.02. The van der Waals surface area contributed by atoms with E-state index >= 15 is 0 Å². The number of anilines is 1. The van der Waals surface area contributed by atoms with Crippen LogP contribution < -0.4 is 10.5 Å². The van der Waals surface area contributed by atoms with Crippen molar-refractivity contribution in [2.75, 3.05) is 12.8 Å². The molecule has 0 unspecified atom stereocenters. The second-order valence-corrected chi connectivity index (χ2v) is 7.14. The van der Waals surface area contributed by atoms with Gasteiger partial charge in [-0.05, 0) is 29.1 Å². The van der Waals surface area contributed by atoms with Gasteiger partial charge < -0.3 is 10.5 Å². The number of hydrogen-bond acceptors (Lipinski definition) is 5. The molecule has 5 rings (SSSR count). The van der Waals surface area contributed by atoms with Gasteiger partial charge in [-0.3, -0.25) is 0 Å². The maximum Gasteiger partial charge on any atom is 0.165 e. The van der Waals surface area contributed by atoms with E-state index < -0.39 is 0 Å². The van der Waals surface area contributed by atoms with Crippen LogP contribution in [0.5, 0.6) is 5.75 Å². The van der Waals surface area contributed by atoms with Crippen LogP contribution in [0.25, 0.3) is 38.0 Å². The number of nitrogens with two attached hydrogens (primary N) is 1. The number of thiophene rings is 1. The fourth-order valence-electron chi connectivity index (χ4n) is 3.34. The van der Waals surface area contributed by atoms with Crippen LogP contribution >= 0.6 is 11.3 Å². The van der Waals surface area contributed by atoms with Crippen LogP contribution in [0.15, 0.2) is 66.3 Å². The molecule has 2 aromatic carbocycles. The Labute approximate surface area is 159 Å². The first-order chi connectivity index (χ1) is 13.3. The summed E-state index contributed by atoms with van der Waals surface area (Å²) in [5.74, 6) is 1.37. The summed E-state index contributed by atoms with van der Waals surface area (Å²) in [5.41, 5.74) is 11.1. The van der Waals surface area contributed by atoms with Crippen LogP contribution in [0.3, 0.4) is 0 Å². The molecule has 5 nitrogen and oxygen atoms in total. The zero-order valence-electron chi connectivity index (χ0n) is 14.6. The van der Waals surface area contributed by atoms with Crippen LogP contribution in [0, 0.1) is 0 Å². The third-order valence-electron chi connectivity index (χ3n) is 4.72. The Bertz CT molecular complexity index is 1290. The van der Waals surface area contributed by atoms with Crippen LogP contribution in [-0.4, -0.2) is 21.7 Å². The fourth-order valence-corrected chi connectivity index (χ4v) is 4.30.